The van der Waals surface area contributed by atoms with Gasteiger partial charge in [-0.25, -0.2) is 0 Å². The number of hydrogen-bond acceptors (Lipinski definition) is 2. The van der Waals surface area contributed by atoms with Crippen LogP contribution in [0.3, 0.4) is 0 Å². The van der Waals surface area contributed by atoms with E-state index in [4.69, 9.17) is 0 Å². The van der Waals surface area contributed by atoms with Crippen molar-refractivity contribution in [2.75, 3.05) is 0 Å². The third-order valence-corrected chi connectivity index (χ3v) is 4.31. The van der Waals surface area contributed by atoms with Crippen molar-refractivity contribution in [2.45, 2.75) is 13.3 Å². The van der Waals surface area contributed by atoms with Crippen LogP contribution in [0.15, 0.2) is 79.0 Å². The van der Waals surface area contributed by atoms with Gasteiger partial charge >= 0.3 is 5.82 Å². The molecule has 4 rings (SSSR count). The van der Waals surface area contributed by atoms with Crippen molar-refractivity contribution in [1.29, 1.82) is 0 Å². The van der Waals surface area contributed by atoms with Crippen LogP contribution in [0.25, 0.3) is 28.2 Å². The molecule has 0 amide bonds. The molecule has 0 saturated carbocycles. The van der Waals surface area contributed by atoms with E-state index in [1.165, 1.54) is 16.8 Å². The molecular weight excluding hydrogens is 308 g/mol. The Labute approximate surface area is 146 Å². The number of H-pyrrole nitrogens is 1. The van der Waals surface area contributed by atoms with Crippen LogP contribution in [0, 0.1) is 0 Å². The SMILES string of the molecule is CCc1cc(-c2ccccc2)cc(-c2ccccc2)[n+]1-c1cn[nH]n1. The standard InChI is InChI=1S/C21H19N4/c1-2-19-13-18(16-9-5-3-6-10-16)14-20(17-11-7-4-8-12-17)25(19)21-15-22-24-23-21/h3-15H,2H2,1H3,(H,22,23,24)/q+1. The molecule has 0 aliphatic carbocycles. The number of hydrogen-bond donors (Lipinski definition) is 1. The van der Waals surface area contributed by atoms with Crippen LogP contribution in [-0.2, 0) is 6.42 Å². The van der Waals surface area contributed by atoms with E-state index in [0.29, 0.717) is 0 Å². The predicted molar refractivity (Wildman–Crippen MR) is 98.2 cm³/mol. The van der Waals surface area contributed by atoms with Crippen molar-refractivity contribution in [1.82, 2.24) is 15.4 Å². The quantitative estimate of drug-likeness (QED) is 0.576. The van der Waals surface area contributed by atoms with Crippen LogP contribution in [0.1, 0.15) is 12.6 Å². The van der Waals surface area contributed by atoms with Crippen molar-refractivity contribution in [3.05, 3.63) is 84.7 Å². The van der Waals surface area contributed by atoms with E-state index in [2.05, 4.69) is 87.6 Å². The Morgan fingerprint density at radius 1 is 0.840 bits per heavy atom. The van der Waals surface area contributed by atoms with Crippen molar-refractivity contribution in [3.63, 3.8) is 0 Å². The maximum Gasteiger partial charge on any atom is 0.375 e. The van der Waals surface area contributed by atoms with Crippen LogP contribution in [0.2, 0.25) is 0 Å². The van der Waals surface area contributed by atoms with Crippen molar-refractivity contribution >= 4 is 0 Å². The zero-order valence-electron chi connectivity index (χ0n) is 14.1. The molecule has 0 atom stereocenters. The van der Waals surface area contributed by atoms with Crippen LogP contribution < -0.4 is 4.57 Å². The average molecular weight is 327 g/mol. The molecule has 4 nitrogen and oxygen atoms in total. The summed E-state index contributed by atoms with van der Waals surface area (Å²) < 4.78 is 2.17. The molecule has 0 bridgehead atoms. The smallest absolute Gasteiger partial charge is 0.190 e. The Bertz CT molecular complexity index is 962. The van der Waals surface area contributed by atoms with E-state index in [-0.39, 0.29) is 0 Å². The summed E-state index contributed by atoms with van der Waals surface area (Å²) in [6.07, 6.45) is 2.65. The van der Waals surface area contributed by atoms with Gasteiger partial charge in [-0.15, -0.1) is 10.3 Å². The molecule has 4 heteroatoms. The summed E-state index contributed by atoms with van der Waals surface area (Å²) in [6.45, 7) is 2.16. The van der Waals surface area contributed by atoms with Gasteiger partial charge in [0.1, 0.15) is 17.6 Å². The van der Waals surface area contributed by atoms with E-state index in [0.717, 1.165) is 23.5 Å². The lowest BCUT2D eigenvalue weighted by molar-refractivity contribution is -0.596. The minimum absolute atomic E-state index is 0.801. The first-order valence-corrected chi connectivity index (χ1v) is 8.43. The van der Waals surface area contributed by atoms with Gasteiger partial charge < -0.3 is 0 Å². The Morgan fingerprint density at radius 3 is 2.12 bits per heavy atom. The Morgan fingerprint density at radius 2 is 1.52 bits per heavy atom. The number of rotatable bonds is 4. The maximum absolute atomic E-state index is 4.31. The number of aromatic amines is 1. The summed E-state index contributed by atoms with van der Waals surface area (Å²) in [5.41, 5.74) is 5.86. The average Bonchev–Trinajstić information content (AvgIpc) is 3.22. The first kappa shape index (κ1) is 15.3. The van der Waals surface area contributed by atoms with E-state index in [9.17, 15) is 0 Å². The molecule has 0 aliphatic rings. The van der Waals surface area contributed by atoms with Gasteiger partial charge in [0, 0.05) is 12.0 Å². The highest BCUT2D eigenvalue weighted by Crippen LogP contribution is 2.26. The lowest BCUT2D eigenvalue weighted by atomic mass is 10.0. The number of benzene rings is 2. The first-order chi connectivity index (χ1) is 12.4. The van der Waals surface area contributed by atoms with Crippen LogP contribution in [0.5, 0.6) is 0 Å². The molecular formula is C21H19N4+. The number of pyridine rings is 1. The zero-order chi connectivity index (χ0) is 17.1. The minimum Gasteiger partial charge on any atom is -0.190 e. The van der Waals surface area contributed by atoms with Gasteiger partial charge in [-0.05, 0) is 23.3 Å². The third-order valence-electron chi connectivity index (χ3n) is 4.31. The summed E-state index contributed by atoms with van der Waals surface area (Å²) in [5, 5.41) is 11.0. The van der Waals surface area contributed by atoms with Gasteiger partial charge in [-0.2, -0.15) is 4.57 Å². The normalized spacial score (nSPS) is 10.8. The summed E-state index contributed by atoms with van der Waals surface area (Å²) in [5.74, 6) is 0.801. The molecule has 2 aromatic carbocycles. The summed E-state index contributed by atoms with van der Waals surface area (Å²) in [6, 6.07) is 25.3. The van der Waals surface area contributed by atoms with Crippen molar-refractivity contribution in [3.8, 4) is 28.2 Å². The highest BCUT2D eigenvalue weighted by atomic mass is 15.4. The minimum atomic E-state index is 0.801. The molecule has 0 fully saturated rings. The second-order valence-electron chi connectivity index (χ2n) is 5.87. The van der Waals surface area contributed by atoms with Crippen LogP contribution in [0.4, 0.5) is 0 Å². The molecule has 0 radical (unpaired) electrons. The summed E-state index contributed by atoms with van der Waals surface area (Å²) >= 11 is 0. The largest absolute Gasteiger partial charge is 0.375 e. The van der Waals surface area contributed by atoms with Crippen LogP contribution >= 0.6 is 0 Å². The van der Waals surface area contributed by atoms with Crippen molar-refractivity contribution in [2.24, 2.45) is 0 Å². The summed E-state index contributed by atoms with van der Waals surface area (Å²) in [4.78, 5) is 0. The highest BCUT2D eigenvalue weighted by molar-refractivity contribution is 5.69. The predicted octanol–water partition coefficient (Wildman–Crippen LogP) is 3.98. The number of nitrogens with zero attached hydrogens (tertiary/aromatic N) is 3. The fourth-order valence-corrected chi connectivity index (χ4v) is 3.10. The number of nitrogens with one attached hydrogen (secondary N) is 1. The van der Waals surface area contributed by atoms with Gasteiger partial charge in [0.25, 0.3) is 0 Å². The fraction of sp³-hybridized carbons (Fsp3) is 0.0952. The van der Waals surface area contributed by atoms with Crippen molar-refractivity contribution < 1.29 is 4.57 Å². The second-order valence-corrected chi connectivity index (χ2v) is 5.87. The lowest BCUT2D eigenvalue weighted by Gasteiger charge is -2.12. The van der Waals surface area contributed by atoms with E-state index in [1.54, 1.807) is 6.20 Å². The van der Waals surface area contributed by atoms with Gasteiger partial charge in [-0.1, -0.05) is 67.6 Å². The number of aryl methyl sites for hydroxylation is 1. The molecule has 122 valence electrons. The van der Waals surface area contributed by atoms with Gasteiger partial charge in [0.2, 0.25) is 0 Å². The monoisotopic (exact) mass is 327 g/mol. The molecule has 0 spiro atoms. The topological polar surface area (TPSA) is 45.5 Å². The third kappa shape index (κ3) is 2.94. The zero-order valence-corrected chi connectivity index (χ0v) is 14.1. The molecule has 25 heavy (non-hydrogen) atoms. The van der Waals surface area contributed by atoms with E-state index in [1.807, 2.05) is 12.1 Å². The van der Waals surface area contributed by atoms with Crippen LogP contribution in [-0.4, -0.2) is 15.4 Å². The lowest BCUT2D eigenvalue weighted by Crippen LogP contribution is -2.38. The maximum atomic E-state index is 4.31. The molecule has 0 aliphatic heterocycles. The molecule has 1 N–H and O–H groups in total. The number of aromatic nitrogens is 4. The summed E-state index contributed by atoms with van der Waals surface area (Å²) in [7, 11) is 0. The Balaban J connectivity index is 2.01. The van der Waals surface area contributed by atoms with E-state index >= 15 is 0 Å². The van der Waals surface area contributed by atoms with Gasteiger partial charge in [0.15, 0.2) is 0 Å². The highest BCUT2D eigenvalue weighted by Gasteiger charge is 2.21. The molecule has 0 saturated heterocycles. The Hall–Kier alpha value is -3.27. The van der Waals surface area contributed by atoms with Gasteiger partial charge in [0.05, 0.1) is 5.10 Å². The molecule has 0 unspecified atom stereocenters. The second kappa shape index (κ2) is 6.69. The first-order valence-electron chi connectivity index (χ1n) is 8.43. The van der Waals surface area contributed by atoms with Gasteiger partial charge in [-0.3, -0.25) is 0 Å². The molecule has 2 heterocycles. The fourth-order valence-electron chi connectivity index (χ4n) is 3.10. The molecule has 2 aromatic heterocycles. The van der Waals surface area contributed by atoms with E-state index < -0.39 is 0 Å². The Kier molecular flexibility index (Phi) is 4.09. The molecule has 4 aromatic rings.